The number of furan rings is 1. The molecule has 2 aromatic carbocycles. The topological polar surface area (TPSA) is 39.2 Å². The standard InChI is InChI=1S/C16H15NO/c1-11-6-7-12-4-2-3-5-14(12)16(11)15-9-8-13(10-17)18-15/h2-9H,10,17H2,1H3. The van der Waals surface area contributed by atoms with Crippen molar-refractivity contribution in [3.8, 4) is 11.3 Å². The zero-order valence-electron chi connectivity index (χ0n) is 10.3. The van der Waals surface area contributed by atoms with Crippen LogP contribution in [-0.4, -0.2) is 0 Å². The minimum absolute atomic E-state index is 0.434. The number of benzene rings is 2. The van der Waals surface area contributed by atoms with Crippen molar-refractivity contribution in [2.75, 3.05) is 0 Å². The maximum Gasteiger partial charge on any atom is 0.135 e. The molecular formula is C16H15NO. The van der Waals surface area contributed by atoms with Crippen LogP contribution in [0, 0.1) is 6.92 Å². The van der Waals surface area contributed by atoms with Gasteiger partial charge in [-0.15, -0.1) is 0 Å². The van der Waals surface area contributed by atoms with E-state index < -0.39 is 0 Å². The van der Waals surface area contributed by atoms with Gasteiger partial charge in [0.1, 0.15) is 11.5 Å². The third-order valence-corrected chi connectivity index (χ3v) is 3.25. The molecule has 1 aromatic heterocycles. The fraction of sp³-hybridized carbons (Fsp3) is 0.125. The Bertz CT molecular complexity index is 697. The van der Waals surface area contributed by atoms with E-state index in [1.807, 2.05) is 12.1 Å². The molecule has 2 N–H and O–H groups in total. The summed E-state index contributed by atoms with van der Waals surface area (Å²) < 4.78 is 5.78. The fourth-order valence-electron chi connectivity index (χ4n) is 2.33. The Morgan fingerprint density at radius 1 is 1.00 bits per heavy atom. The Morgan fingerprint density at radius 3 is 2.61 bits per heavy atom. The SMILES string of the molecule is Cc1ccc2ccccc2c1-c1ccc(CN)o1. The van der Waals surface area contributed by atoms with Gasteiger partial charge in [-0.3, -0.25) is 0 Å². The zero-order valence-corrected chi connectivity index (χ0v) is 10.3. The molecule has 2 heteroatoms. The molecule has 0 aliphatic rings. The van der Waals surface area contributed by atoms with Crippen LogP contribution in [0.5, 0.6) is 0 Å². The molecule has 0 aliphatic carbocycles. The van der Waals surface area contributed by atoms with Crippen LogP contribution in [0.15, 0.2) is 52.9 Å². The van der Waals surface area contributed by atoms with Crippen molar-refractivity contribution in [1.29, 1.82) is 0 Å². The summed E-state index contributed by atoms with van der Waals surface area (Å²) in [5, 5.41) is 2.44. The summed E-state index contributed by atoms with van der Waals surface area (Å²) in [6, 6.07) is 16.6. The summed E-state index contributed by atoms with van der Waals surface area (Å²) in [4.78, 5) is 0. The van der Waals surface area contributed by atoms with Crippen LogP contribution in [-0.2, 0) is 6.54 Å². The molecule has 0 amide bonds. The van der Waals surface area contributed by atoms with E-state index in [0.717, 1.165) is 17.1 Å². The summed E-state index contributed by atoms with van der Waals surface area (Å²) >= 11 is 0. The molecule has 0 bridgehead atoms. The van der Waals surface area contributed by atoms with Crippen molar-refractivity contribution < 1.29 is 4.42 Å². The van der Waals surface area contributed by atoms with Gasteiger partial charge in [-0.05, 0) is 35.4 Å². The summed E-state index contributed by atoms with van der Waals surface area (Å²) in [7, 11) is 0. The number of fused-ring (bicyclic) bond motifs is 1. The highest BCUT2D eigenvalue weighted by Gasteiger charge is 2.10. The molecule has 0 spiro atoms. The zero-order chi connectivity index (χ0) is 12.5. The third kappa shape index (κ3) is 1.71. The molecule has 3 rings (SSSR count). The van der Waals surface area contributed by atoms with Crippen LogP contribution in [0.4, 0.5) is 0 Å². The number of nitrogens with two attached hydrogens (primary N) is 1. The minimum Gasteiger partial charge on any atom is -0.460 e. The van der Waals surface area contributed by atoms with E-state index in [-0.39, 0.29) is 0 Å². The largest absolute Gasteiger partial charge is 0.460 e. The smallest absolute Gasteiger partial charge is 0.135 e. The van der Waals surface area contributed by atoms with Gasteiger partial charge in [-0.1, -0.05) is 36.4 Å². The first kappa shape index (κ1) is 11.1. The van der Waals surface area contributed by atoms with E-state index in [0.29, 0.717) is 6.54 Å². The molecule has 3 aromatic rings. The highest BCUT2D eigenvalue weighted by Crippen LogP contribution is 2.32. The first-order valence-electron chi connectivity index (χ1n) is 6.07. The van der Waals surface area contributed by atoms with Gasteiger partial charge in [0.05, 0.1) is 6.54 Å². The van der Waals surface area contributed by atoms with Gasteiger partial charge in [-0.2, -0.15) is 0 Å². The van der Waals surface area contributed by atoms with Crippen molar-refractivity contribution in [2.24, 2.45) is 5.73 Å². The summed E-state index contributed by atoms with van der Waals surface area (Å²) in [5.41, 5.74) is 7.97. The molecule has 0 fully saturated rings. The van der Waals surface area contributed by atoms with Crippen LogP contribution in [0.1, 0.15) is 11.3 Å². The first-order chi connectivity index (χ1) is 8.79. The molecule has 0 unspecified atom stereocenters. The molecule has 90 valence electrons. The Morgan fingerprint density at radius 2 is 1.83 bits per heavy atom. The Labute approximate surface area is 106 Å². The van der Waals surface area contributed by atoms with Gasteiger partial charge in [0.2, 0.25) is 0 Å². The normalized spacial score (nSPS) is 11.0. The van der Waals surface area contributed by atoms with E-state index in [1.54, 1.807) is 0 Å². The van der Waals surface area contributed by atoms with Crippen LogP contribution < -0.4 is 5.73 Å². The predicted octanol–water partition coefficient (Wildman–Crippen LogP) is 3.87. The molecule has 1 heterocycles. The number of aryl methyl sites for hydroxylation is 1. The molecule has 0 saturated heterocycles. The quantitative estimate of drug-likeness (QED) is 0.735. The van der Waals surface area contributed by atoms with Crippen LogP contribution >= 0.6 is 0 Å². The monoisotopic (exact) mass is 237 g/mol. The predicted molar refractivity (Wildman–Crippen MR) is 74.3 cm³/mol. The van der Waals surface area contributed by atoms with Gasteiger partial charge >= 0.3 is 0 Å². The number of hydrogen-bond acceptors (Lipinski definition) is 2. The third-order valence-electron chi connectivity index (χ3n) is 3.25. The van der Waals surface area contributed by atoms with Gasteiger partial charge in [-0.25, -0.2) is 0 Å². The second-order valence-electron chi connectivity index (χ2n) is 4.45. The van der Waals surface area contributed by atoms with Crippen molar-refractivity contribution >= 4 is 10.8 Å². The lowest BCUT2D eigenvalue weighted by Crippen LogP contribution is -1.92. The summed E-state index contributed by atoms with van der Waals surface area (Å²) in [5.74, 6) is 1.71. The van der Waals surface area contributed by atoms with Crippen molar-refractivity contribution in [2.45, 2.75) is 13.5 Å². The van der Waals surface area contributed by atoms with E-state index in [1.165, 1.54) is 16.3 Å². The van der Waals surface area contributed by atoms with E-state index in [4.69, 9.17) is 10.2 Å². The summed E-state index contributed by atoms with van der Waals surface area (Å²) in [6.45, 7) is 2.54. The first-order valence-corrected chi connectivity index (χ1v) is 6.07. The highest BCUT2D eigenvalue weighted by molar-refractivity contribution is 5.97. The van der Waals surface area contributed by atoms with Crippen LogP contribution in [0.25, 0.3) is 22.1 Å². The maximum absolute atomic E-state index is 5.78. The van der Waals surface area contributed by atoms with Gasteiger partial charge in [0.25, 0.3) is 0 Å². The Kier molecular flexibility index (Phi) is 2.65. The average molecular weight is 237 g/mol. The lowest BCUT2D eigenvalue weighted by Gasteiger charge is -2.07. The second-order valence-corrected chi connectivity index (χ2v) is 4.45. The average Bonchev–Trinajstić information content (AvgIpc) is 2.87. The molecule has 0 atom stereocenters. The molecule has 0 saturated carbocycles. The van der Waals surface area contributed by atoms with Crippen molar-refractivity contribution in [1.82, 2.24) is 0 Å². The van der Waals surface area contributed by atoms with E-state index in [2.05, 4.69) is 43.3 Å². The fourth-order valence-corrected chi connectivity index (χ4v) is 2.33. The van der Waals surface area contributed by atoms with Gasteiger partial charge in [0.15, 0.2) is 0 Å². The Balaban J connectivity index is 2.29. The molecular weight excluding hydrogens is 222 g/mol. The van der Waals surface area contributed by atoms with E-state index in [9.17, 15) is 0 Å². The molecule has 0 aliphatic heterocycles. The van der Waals surface area contributed by atoms with Gasteiger partial charge in [0, 0.05) is 5.56 Å². The van der Waals surface area contributed by atoms with Crippen LogP contribution in [0.3, 0.4) is 0 Å². The maximum atomic E-state index is 5.78. The highest BCUT2D eigenvalue weighted by atomic mass is 16.3. The second kappa shape index (κ2) is 4.31. The lowest BCUT2D eigenvalue weighted by atomic mass is 9.98. The minimum atomic E-state index is 0.434. The molecule has 0 radical (unpaired) electrons. The van der Waals surface area contributed by atoms with E-state index >= 15 is 0 Å². The number of rotatable bonds is 2. The lowest BCUT2D eigenvalue weighted by molar-refractivity contribution is 0.525. The molecule has 18 heavy (non-hydrogen) atoms. The Hall–Kier alpha value is -2.06. The molecule has 2 nitrogen and oxygen atoms in total. The number of hydrogen-bond donors (Lipinski definition) is 1. The van der Waals surface area contributed by atoms with Crippen molar-refractivity contribution in [3.05, 3.63) is 59.9 Å². The van der Waals surface area contributed by atoms with Crippen molar-refractivity contribution in [3.63, 3.8) is 0 Å². The summed E-state index contributed by atoms with van der Waals surface area (Å²) in [6.07, 6.45) is 0. The van der Waals surface area contributed by atoms with Gasteiger partial charge < -0.3 is 10.2 Å². The van der Waals surface area contributed by atoms with Crippen LogP contribution in [0.2, 0.25) is 0 Å².